The number of nitrogens with zero attached hydrogens (tertiary/aromatic N) is 1. The zero-order valence-corrected chi connectivity index (χ0v) is 18.9. The molecule has 170 valence electrons. The number of rotatable bonds is 7. The second-order valence-electron chi connectivity index (χ2n) is 7.69. The monoisotopic (exact) mass is 456 g/mol. The molecule has 1 heterocycles. The zero-order chi connectivity index (χ0) is 23.0. The molecule has 32 heavy (non-hydrogen) atoms. The van der Waals surface area contributed by atoms with Crippen molar-refractivity contribution in [3.05, 3.63) is 65.7 Å². The first kappa shape index (κ1) is 23.7. The van der Waals surface area contributed by atoms with Crippen molar-refractivity contribution in [1.82, 2.24) is 4.31 Å². The second kappa shape index (κ2) is 11.1. The Kier molecular flexibility index (Phi) is 8.19. The highest BCUT2D eigenvalue weighted by Gasteiger charge is 2.24. The average molecular weight is 457 g/mol. The first-order valence-electron chi connectivity index (χ1n) is 10.7. The van der Waals surface area contributed by atoms with E-state index >= 15 is 0 Å². The van der Waals surface area contributed by atoms with Crippen LogP contribution in [0, 0.1) is 6.92 Å². The quantitative estimate of drug-likeness (QED) is 0.506. The number of hydrogen-bond acceptors (Lipinski definition) is 5. The lowest BCUT2D eigenvalue weighted by atomic mass is 10.2. The molecule has 0 aliphatic carbocycles. The summed E-state index contributed by atoms with van der Waals surface area (Å²) in [6.07, 6.45) is 6.60. The topological polar surface area (TPSA) is 92.8 Å². The smallest absolute Gasteiger partial charge is 0.331 e. The predicted octanol–water partition coefficient (Wildman–Crippen LogP) is 3.75. The zero-order valence-electron chi connectivity index (χ0n) is 18.1. The van der Waals surface area contributed by atoms with E-state index in [9.17, 15) is 18.0 Å². The highest BCUT2D eigenvalue weighted by molar-refractivity contribution is 7.89. The highest BCUT2D eigenvalue weighted by atomic mass is 32.2. The Balaban J connectivity index is 1.52. The molecule has 0 unspecified atom stereocenters. The van der Waals surface area contributed by atoms with Gasteiger partial charge in [-0.3, -0.25) is 4.79 Å². The number of ether oxygens (including phenoxy) is 1. The minimum absolute atomic E-state index is 0.243. The van der Waals surface area contributed by atoms with Crippen LogP contribution in [0.15, 0.2) is 59.5 Å². The summed E-state index contributed by atoms with van der Waals surface area (Å²) in [4.78, 5) is 24.1. The molecule has 0 saturated carbocycles. The highest BCUT2D eigenvalue weighted by Crippen LogP contribution is 2.21. The van der Waals surface area contributed by atoms with Crippen LogP contribution in [0.3, 0.4) is 0 Å². The van der Waals surface area contributed by atoms with E-state index in [0.29, 0.717) is 24.3 Å². The number of benzene rings is 2. The van der Waals surface area contributed by atoms with Gasteiger partial charge in [0.1, 0.15) is 0 Å². The summed E-state index contributed by atoms with van der Waals surface area (Å²) >= 11 is 0. The Morgan fingerprint density at radius 1 is 1.00 bits per heavy atom. The number of anilines is 1. The van der Waals surface area contributed by atoms with Gasteiger partial charge in [0.2, 0.25) is 10.0 Å². The van der Waals surface area contributed by atoms with Gasteiger partial charge in [0, 0.05) is 24.9 Å². The third-order valence-corrected chi connectivity index (χ3v) is 7.17. The summed E-state index contributed by atoms with van der Waals surface area (Å²) in [6, 6.07) is 13.7. The lowest BCUT2D eigenvalue weighted by molar-refractivity contribution is -0.142. The summed E-state index contributed by atoms with van der Waals surface area (Å²) in [5, 5.41) is 2.69. The fourth-order valence-electron chi connectivity index (χ4n) is 3.43. The van der Waals surface area contributed by atoms with Crippen molar-refractivity contribution in [2.75, 3.05) is 25.0 Å². The lowest BCUT2D eigenvalue weighted by Gasteiger charge is -2.19. The number of carbonyl (C=O) groups is 2. The standard InChI is InChI=1S/C24H28N2O5S/c1-19-8-4-5-9-22(19)25-23(27)18-31-24(28)15-12-20-10-13-21(14-11-20)32(29,30)26-16-6-2-3-7-17-26/h4-5,8-15H,2-3,6-7,16-18H2,1H3,(H,25,27)/b15-12+. The van der Waals surface area contributed by atoms with Crippen LogP contribution in [0.5, 0.6) is 0 Å². The molecule has 1 aliphatic heterocycles. The lowest BCUT2D eigenvalue weighted by Crippen LogP contribution is -2.31. The number of para-hydroxylation sites is 1. The van der Waals surface area contributed by atoms with Crippen molar-refractivity contribution in [1.29, 1.82) is 0 Å². The molecule has 1 saturated heterocycles. The molecule has 1 N–H and O–H groups in total. The van der Waals surface area contributed by atoms with E-state index in [2.05, 4.69) is 5.32 Å². The van der Waals surface area contributed by atoms with Crippen molar-refractivity contribution < 1.29 is 22.7 Å². The van der Waals surface area contributed by atoms with Crippen LogP contribution in [0.4, 0.5) is 5.69 Å². The number of carbonyl (C=O) groups excluding carboxylic acids is 2. The molecule has 1 aliphatic rings. The van der Waals surface area contributed by atoms with E-state index in [1.807, 2.05) is 25.1 Å². The molecule has 3 rings (SSSR count). The number of esters is 1. The Morgan fingerprint density at radius 2 is 1.66 bits per heavy atom. The van der Waals surface area contributed by atoms with Crippen molar-refractivity contribution in [3.63, 3.8) is 0 Å². The molecule has 0 atom stereocenters. The van der Waals surface area contributed by atoms with Gasteiger partial charge in [-0.2, -0.15) is 4.31 Å². The van der Waals surface area contributed by atoms with Gasteiger partial charge in [-0.25, -0.2) is 13.2 Å². The second-order valence-corrected chi connectivity index (χ2v) is 9.63. The van der Waals surface area contributed by atoms with Crippen LogP contribution in [-0.4, -0.2) is 44.3 Å². The van der Waals surface area contributed by atoms with Gasteiger partial charge in [0.25, 0.3) is 5.91 Å². The minimum atomic E-state index is -3.51. The van der Waals surface area contributed by atoms with E-state index in [4.69, 9.17) is 4.74 Å². The summed E-state index contributed by atoms with van der Waals surface area (Å²) < 4.78 is 32.1. The Morgan fingerprint density at radius 3 is 2.31 bits per heavy atom. The van der Waals surface area contributed by atoms with Crippen LogP contribution in [0.2, 0.25) is 0 Å². The Hall–Kier alpha value is -2.97. The first-order valence-corrected chi connectivity index (χ1v) is 12.1. The van der Waals surface area contributed by atoms with Gasteiger partial charge in [0.15, 0.2) is 6.61 Å². The van der Waals surface area contributed by atoms with Crippen LogP contribution >= 0.6 is 0 Å². The van der Waals surface area contributed by atoms with Crippen molar-refractivity contribution >= 4 is 33.7 Å². The maximum atomic E-state index is 12.8. The molecule has 1 amide bonds. The molecule has 0 spiro atoms. The fourth-order valence-corrected chi connectivity index (χ4v) is 4.95. The molecular formula is C24H28N2O5S. The maximum absolute atomic E-state index is 12.8. The van der Waals surface area contributed by atoms with Crippen LogP contribution in [-0.2, 0) is 24.3 Å². The van der Waals surface area contributed by atoms with E-state index < -0.39 is 28.5 Å². The third kappa shape index (κ3) is 6.51. The molecule has 0 bridgehead atoms. The fraction of sp³-hybridized carbons (Fsp3) is 0.333. The van der Waals surface area contributed by atoms with Crippen molar-refractivity contribution in [3.8, 4) is 0 Å². The summed E-state index contributed by atoms with van der Waals surface area (Å²) in [5.74, 6) is -1.09. The number of amides is 1. The number of nitrogens with one attached hydrogen (secondary N) is 1. The third-order valence-electron chi connectivity index (χ3n) is 5.26. The van der Waals surface area contributed by atoms with Gasteiger partial charge in [-0.1, -0.05) is 43.2 Å². The maximum Gasteiger partial charge on any atom is 0.331 e. The first-order chi connectivity index (χ1) is 15.4. The summed E-state index contributed by atoms with van der Waals surface area (Å²) in [5.41, 5.74) is 2.23. The summed E-state index contributed by atoms with van der Waals surface area (Å²) in [7, 11) is -3.51. The number of aryl methyl sites for hydroxylation is 1. The van der Waals surface area contributed by atoms with Crippen molar-refractivity contribution in [2.24, 2.45) is 0 Å². The van der Waals surface area contributed by atoms with Gasteiger partial charge in [-0.15, -0.1) is 0 Å². The molecule has 8 heteroatoms. The van der Waals surface area contributed by atoms with E-state index in [1.54, 1.807) is 34.6 Å². The van der Waals surface area contributed by atoms with Crippen LogP contribution in [0.1, 0.15) is 36.8 Å². The SMILES string of the molecule is Cc1ccccc1NC(=O)COC(=O)/C=C/c1ccc(S(=O)(=O)N2CCCCCC2)cc1. The molecule has 1 fully saturated rings. The van der Waals surface area contributed by atoms with Gasteiger partial charge in [-0.05, 0) is 55.2 Å². The van der Waals surface area contributed by atoms with Crippen molar-refractivity contribution in [2.45, 2.75) is 37.5 Å². The van der Waals surface area contributed by atoms with Crippen LogP contribution < -0.4 is 5.32 Å². The normalized spacial score (nSPS) is 15.3. The average Bonchev–Trinajstić information content (AvgIpc) is 3.08. The van der Waals surface area contributed by atoms with E-state index in [-0.39, 0.29) is 4.90 Å². The molecule has 2 aromatic rings. The minimum Gasteiger partial charge on any atom is -0.452 e. The van der Waals surface area contributed by atoms with Gasteiger partial charge >= 0.3 is 5.97 Å². The molecule has 0 radical (unpaired) electrons. The van der Waals surface area contributed by atoms with Gasteiger partial charge in [0.05, 0.1) is 4.90 Å². The van der Waals surface area contributed by atoms with E-state index in [0.717, 1.165) is 31.2 Å². The number of hydrogen-bond donors (Lipinski definition) is 1. The van der Waals surface area contributed by atoms with Crippen LogP contribution in [0.25, 0.3) is 6.08 Å². The molecule has 0 aromatic heterocycles. The Bertz CT molecular complexity index is 1070. The predicted molar refractivity (Wildman–Crippen MR) is 123 cm³/mol. The Labute approximate surface area is 189 Å². The molecule has 7 nitrogen and oxygen atoms in total. The largest absolute Gasteiger partial charge is 0.452 e. The summed E-state index contributed by atoms with van der Waals surface area (Å²) in [6.45, 7) is 2.57. The van der Waals surface area contributed by atoms with Gasteiger partial charge < -0.3 is 10.1 Å². The molecule has 2 aromatic carbocycles. The van der Waals surface area contributed by atoms with E-state index in [1.165, 1.54) is 12.2 Å². The number of sulfonamides is 1. The molecular weight excluding hydrogens is 428 g/mol.